The zero-order valence-electron chi connectivity index (χ0n) is 20.9. The van der Waals surface area contributed by atoms with Crippen LogP contribution in [-0.2, 0) is 19.1 Å². The molecule has 0 aromatic carbocycles. The number of aromatic amines is 1. The van der Waals surface area contributed by atoms with Crippen LogP contribution in [0.1, 0.15) is 88.7 Å². The second-order valence-corrected chi connectivity index (χ2v) is 9.70. The topological polar surface area (TPSA) is 165 Å². The summed E-state index contributed by atoms with van der Waals surface area (Å²) in [7, 11) is 0. The summed E-state index contributed by atoms with van der Waals surface area (Å²) in [6.45, 7) is 12.2. The van der Waals surface area contributed by atoms with Crippen molar-refractivity contribution in [1.82, 2.24) is 20.6 Å². The van der Waals surface area contributed by atoms with E-state index in [1.165, 1.54) is 13.3 Å². The summed E-state index contributed by atoms with van der Waals surface area (Å²) in [6, 6.07) is -1.89. The van der Waals surface area contributed by atoms with Gasteiger partial charge in [-0.25, -0.2) is 14.6 Å². The van der Waals surface area contributed by atoms with Crippen molar-refractivity contribution < 1.29 is 28.7 Å². The Morgan fingerprint density at radius 2 is 1.53 bits per heavy atom. The van der Waals surface area contributed by atoms with Crippen molar-refractivity contribution >= 4 is 36.2 Å². The molecule has 2 amide bonds. The molecule has 0 saturated heterocycles. The second kappa shape index (κ2) is 13.3. The van der Waals surface area contributed by atoms with Crippen LogP contribution in [0.4, 0.5) is 0 Å². The van der Waals surface area contributed by atoms with Crippen molar-refractivity contribution in [3.8, 4) is 0 Å². The van der Waals surface area contributed by atoms with Gasteiger partial charge in [0.05, 0.1) is 6.33 Å². The first kappa shape index (κ1) is 31.3. The van der Waals surface area contributed by atoms with E-state index in [4.69, 9.17) is 15.2 Å². The molecule has 0 saturated carbocycles. The molecule has 0 radical (unpaired) electrons. The lowest BCUT2D eigenvalue weighted by atomic mass is 10.1. The zero-order valence-corrected chi connectivity index (χ0v) is 21.8. The monoisotopic (exact) mass is 503 g/mol. The van der Waals surface area contributed by atoms with Crippen LogP contribution in [0.3, 0.4) is 0 Å². The Hall–Kier alpha value is -2.66. The Morgan fingerprint density at radius 3 is 2.06 bits per heavy atom. The molecule has 1 heterocycles. The Bertz CT molecular complexity index is 844. The summed E-state index contributed by atoms with van der Waals surface area (Å²) in [5.41, 5.74) is 3.72. The van der Waals surface area contributed by atoms with Crippen molar-refractivity contribution in [3.63, 3.8) is 0 Å². The maximum absolute atomic E-state index is 12.9. The third-order valence-corrected chi connectivity index (χ3v) is 4.13. The number of hydrogen-bond acceptors (Lipinski definition) is 8. The van der Waals surface area contributed by atoms with Gasteiger partial charge in [0.15, 0.2) is 5.69 Å². The number of nitrogens with one attached hydrogen (secondary N) is 3. The highest BCUT2D eigenvalue weighted by molar-refractivity contribution is 6.06. The quantitative estimate of drug-likeness (QED) is 0.277. The lowest BCUT2D eigenvalue weighted by Crippen LogP contribution is -2.45. The molecular formula is C22H38ClN5O6. The number of carbonyl (C=O) groups excluding carboxylic acids is 4. The zero-order chi connectivity index (χ0) is 25.4. The van der Waals surface area contributed by atoms with Gasteiger partial charge in [0.2, 0.25) is 0 Å². The Balaban J connectivity index is 0.0000109. The maximum atomic E-state index is 12.9. The molecule has 5 N–H and O–H groups in total. The molecule has 0 bridgehead atoms. The number of imidazole rings is 1. The van der Waals surface area contributed by atoms with Gasteiger partial charge in [0.1, 0.15) is 29.0 Å². The molecule has 194 valence electrons. The van der Waals surface area contributed by atoms with Gasteiger partial charge in [-0.1, -0.05) is 0 Å². The minimum absolute atomic E-state index is 0. The molecule has 34 heavy (non-hydrogen) atoms. The standard InChI is InChI=1S/C22H37N5O6.ClH/c1-13(19(30)32-21(2,3)4)26-17(28)15-16(25-12-24-15)18(29)27-14(10-8-9-11-23)20(31)33-22(5,6)7;/h12-14H,8-11,23H2,1-7H3,(H,24,25)(H,26,28)(H,27,29);1H/t13-,14-;/m0./s1. The summed E-state index contributed by atoms with van der Waals surface area (Å²) in [5, 5.41) is 5.07. The highest BCUT2D eigenvalue weighted by Gasteiger charge is 2.30. The third-order valence-electron chi connectivity index (χ3n) is 4.13. The highest BCUT2D eigenvalue weighted by atomic mass is 35.5. The fourth-order valence-corrected chi connectivity index (χ4v) is 2.70. The van der Waals surface area contributed by atoms with Crippen molar-refractivity contribution in [3.05, 3.63) is 17.7 Å². The summed E-state index contributed by atoms with van der Waals surface area (Å²) < 4.78 is 10.6. The number of amides is 2. The molecule has 11 nitrogen and oxygen atoms in total. The molecular weight excluding hydrogens is 466 g/mol. The van der Waals surface area contributed by atoms with E-state index in [0.717, 1.165) is 0 Å². The highest BCUT2D eigenvalue weighted by Crippen LogP contribution is 2.13. The molecule has 2 atom stereocenters. The normalized spacial score (nSPS) is 13.2. The van der Waals surface area contributed by atoms with Gasteiger partial charge in [0, 0.05) is 0 Å². The van der Waals surface area contributed by atoms with E-state index in [9.17, 15) is 19.2 Å². The van der Waals surface area contributed by atoms with Gasteiger partial charge in [-0.2, -0.15) is 0 Å². The number of hydrogen-bond donors (Lipinski definition) is 4. The van der Waals surface area contributed by atoms with E-state index >= 15 is 0 Å². The maximum Gasteiger partial charge on any atom is 0.329 e. The van der Waals surface area contributed by atoms with Crippen molar-refractivity contribution in [1.29, 1.82) is 0 Å². The molecule has 1 aromatic heterocycles. The summed E-state index contributed by atoms with van der Waals surface area (Å²) in [6.07, 6.45) is 2.78. The SMILES string of the molecule is C[C@H](NC(=O)c1nc[nH]c1C(=O)N[C@@H](CCCCN)C(=O)OC(C)(C)C)C(=O)OC(C)(C)C.Cl. The fourth-order valence-electron chi connectivity index (χ4n) is 2.70. The van der Waals surface area contributed by atoms with E-state index in [2.05, 4.69) is 20.6 Å². The van der Waals surface area contributed by atoms with Crippen LogP contribution >= 0.6 is 12.4 Å². The Morgan fingerprint density at radius 1 is 0.971 bits per heavy atom. The average molecular weight is 504 g/mol. The van der Waals surface area contributed by atoms with Crippen LogP contribution in [0.15, 0.2) is 6.33 Å². The number of halogens is 1. The molecule has 1 aromatic rings. The molecule has 1 rings (SSSR count). The van der Waals surface area contributed by atoms with Crippen LogP contribution in [0.2, 0.25) is 0 Å². The van der Waals surface area contributed by atoms with Crippen LogP contribution in [0.25, 0.3) is 0 Å². The first-order valence-electron chi connectivity index (χ1n) is 11.0. The molecule has 0 fully saturated rings. The molecule has 0 aliphatic carbocycles. The van der Waals surface area contributed by atoms with Crippen LogP contribution in [0, 0.1) is 0 Å². The number of carbonyl (C=O) groups is 4. The number of esters is 2. The lowest BCUT2D eigenvalue weighted by molar-refractivity contribution is -0.158. The van der Waals surface area contributed by atoms with E-state index in [0.29, 0.717) is 25.8 Å². The Labute approximate surface area is 206 Å². The van der Waals surface area contributed by atoms with E-state index in [-0.39, 0.29) is 23.8 Å². The van der Waals surface area contributed by atoms with Gasteiger partial charge >= 0.3 is 11.9 Å². The second-order valence-electron chi connectivity index (χ2n) is 9.70. The van der Waals surface area contributed by atoms with Crippen molar-refractivity contribution in [2.24, 2.45) is 5.73 Å². The predicted molar refractivity (Wildman–Crippen MR) is 129 cm³/mol. The first-order chi connectivity index (χ1) is 15.1. The van der Waals surface area contributed by atoms with Crippen molar-refractivity contribution in [2.75, 3.05) is 6.54 Å². The molecule has 12 heteroatoms. The number of aromatic nitrogens is 2. The molecule has 0 unspecified atom stereocenters. The first-order valence-corrected chi connectivity index (χ1v) is 11.0. The van der Waals surface area contributed by atoms with Crippen LogP contribution < -0.4 is 16.4 Å². The number of H-pyrrole nitrogens is 1. The summed E-state index contributed by atoms with van der Waals surface area (Å²) >= 11 is 0. The lowest BCUT2D eigenvalue weighted by Gasteiger charge is -2.24. The number of unbranched alkanes of at least 4 members (excludes halogenated alkanes) is 1. The Kier molecular flexibility index (Phi) is 12.2. The van der Waals surface area contributed by atoms with Gasteiger partial charge in [-0.05, 0) is 74.3 Å². The van der Waals surface area contributed by atoms with E-state index in [1.807, 2.05) is 0 Å². The minimum atomic E-state index is -0.963. The molecule has 0 aliphatic heterocycles. The van der Waals surface area contributed by atoms with Gasteiger partial charge in [-0.15, -0.1) is 12.4 Å². The fraction of sp³-hybridized carbons (Fsp3) is 0.682. The number of ether oxygens (including phenoxy) is 2. The summed E-state index contributed by atoms with van der Waals surface area (Å²) in [4.78, 5) is 56.7. The van der Waals surface area contributed by atoms with Gasteiger partial charge in [-0.3, -0.25) is 9.59 Å². The predicted octanol–water partition coefficient (Wildman–Crippen LogP) is 1.86. The smallest absolute Gasteiger partial charge is 0.329 e. The largest absolute Gasteiger partial charge is 0.458 e. The minimum Gasteiger partial charge on any atom is -0.458 e. The third kappa shape index (κ3) is 11.0. The molecule has 0 aliphatic rings. The molecule has 0 spiro atoms. The van der Waals surface area contributed by atoms with Crippen LogP contribution in [0.5, 0.6) is 0 Å². The summed E-state index contributed by atoms with van der Waals surface area (Å²) in [5.74, 6) is -2.65. The van der Waals surface area contributed by atoms with E-state index in [1.54, 1.807) is 41.5 Å². The van der Waals surface area contributed by atoms with Crippen LogP contribution in [-0.4, -0.2) is 63.6 Å². The number of rotatable bonds is 10. The van der Waals surface area contributed by atoms with E-state index < -0.39 is 47.0 Å². The van der Waals surface area contributed by atoms with Gasteiger partial charge < -0.3 is 30.8 Å². The average Bonchev–Trinajstić information content (AvgIpc) is 3.14. The van der Waals surface area contributed by atoms with Gasteiger partial charge in [0.25, 0.3) is 11.8 Å². The van der Waals surface area contributed by atoms with Crippen molar-refractivity contribution in [2.45, 2.75) is 91.0 Å². The number of nitrogens with two attached hydrogens (primary N) is 1. The number of nitrogens with zero attached hydrogens (tertiary/aromatic N) is 1.